The quantitative estimate of drug-likeness (QED) is 0.564. The molecule has 6 rings (SSSR count). The van der Waals surface area contributed by atoms with Gasteiger partial charge >= 0.3 is 5.69 Å². The number of ether oxygens (including phenoxy) is 1. The molecule has 1 aliphatic carbocycles. The van der Waals surface area contributed by atoms with E-state index in [0.717, 1.165) is 48.5 Å². The fourth-order valence-corrected chi connectivity index (χ4v) is 4.48. The van der Waals surface area contributed by atoms with E-state index >= 15 is 0 Å². The minimum Gasteiger partial charge on any atom is -0.380 e. The molecular weight excluding hydrogens is 372 g/mol. The molecule has 0 atom stereocenters. The average molecular weight is 392 g/mol. The first-order valence-corrected chi connectivity index (χ1v) is 9.62. The summed E-state index contributed by atoms with van der Waals surface area (Å²) in [4.78, 5) is 26.2. The lowest BCUT2D eigenvalue weighted by atomic mass is 9.64. The fourth-order valence-electron chi connectivity index (χ4n) is 4.48. The zero-order valence-electron chi connectivity index (χ0n) is 16.2. The van der Waals surface area contributed by atoms with Gasteiger partial charge in [0.25, 0.3) is 0 Å². The van der Waals surface area contributed by atoms with Gasteiger partial charge in [0.1, 0.15) is 11.8 Å². The van der Waals surface area contributed by atoms with Crippen molar-refractivity contribution in [2.75, 3.05) is 18.5 Å². The highest BCUT2D eigenvalue weighted by atomic mass is 16.5. The first-order valence-electron chi connectivity index (χ1n) is 9.62. The predicted molar refractivity (Wildman–Crippen MR) is 105 cm³/mol. The molecule has 0 amide bonds. The lowest BCUT2D eigenvalue weighted by Crippen LogP contribution is -2.53. The molecule has 2 fully saturated rings. The van der Waals surface area contributed by atoms with Crippen LogP contribution in [-0.4, -0.2) is 46.9 Å². The molecule has 1 saturated carbocycles. The minimum atomic E-state index is -0.0493. The van der Waals surface area contributed by atoms with Gasteiger partial charge in [-0.25, -0.2) is 19.3 Å². The summed E-state index contributed by atoms with van der Waals surface area (Å²) in [6.45, 7) is 3.59. The van der Waals surface area contributed by atoms with Gasteiger partial charge in [-0.3, -0.25) is 9.13 Å². The standard InChI is InChI=1S/C19H20N8O2/c1-11-3-15-21-10-22-26(15)7-13(11)23-17-20-6-14-16(24-17)27(18(28)25(14)2)12-4-19(5-12)8-29-9-19/h3,6-7,10,12H,4-5,8-9H2,1-2H3,(H,20,23,24). The molecule has 5 heterocycles. The molecule has 10 heteroatoms. The molecule has 29 heavy (non-hydrogen) atoms. The molecule has 0 radical (unpaired) electrons. The van der Waals surface area contributed by atoms with Crippen LogP contribution in [0.2, 0.25) is 0 Å². The van der Waals surface area contributed by atoms with Crippen molar-refractivity contribution in [1.29, 1.82) is 0 Å². The number of nitrogens with one attached hydrogen (secondary N) is 1. The van der Waals surface area contributed by atoms with Gasteiger partial charge < -0.3 is 10.1 Å². The number of anilines is 2. The van der Waals surface area contributed by atoms with E-state index in [4.69, 9.17) is 9.72 Å². The summed E-state index contributed by atoms with van der Waals surface area (Å²) >= 11 is 0. The molecule has 0 bridgehead atoms. The minimum absolute atomic E-state index is 0.0493. The number of pyridine rings is 1. The molecule has 1 saturated heterocycles. The van der Waals surface area contributed by atoms with Crippen molar-refractivity contribution in [2.45, 2.75) is 25.8 Å². The van der Waals surface area contributed by atoms with Crippen molar-refractivity contribution in [2.24, 2.45) is 12.5 Å². The zero-order chi connectivity index (χ0) is 19.8. The van der Waals surface area contributed by atoms with Crippen LogP contribution in [0.15, 0.2) is 29.6 Å². The first kappa shape index (κ1) is 16.7. The van der Waals surface area contributed by atoms with Gasteiger partial charge in [0.2, 0.25) is 5.95 Å². The van der Waals surface area contributed by atoms with Gasteiger partial charge in [0.05, 0.1) is 31.3 Å². The lowest BCUT2D eigenvalue weighted by molar-refractivity contribution is -0.174. The molecular formula is C19H20N8O2. The summed E-state index contributed by atoms with van der Waals surface area (Å²) in [5.41, 5.74) is 4.23. The van der Waals surface area contributed by atoms with E-state index in [9.17, 15) is 4.79 Å². The summed E-state index contributed by atoms with van der Waals surface area (Å²) in [7, 11) is 1.77. The van der Waals surface area contributed by atoms with Crippen LogP contribution in [0.4, 0.5) is 11.6 Å². The van der Waals surface area contributed by atoms with Crippen molar-refractivity contribution in [3.63, 3.8) is 0 Å². The Morgan fingerprint density at radius 1 is 1.28 bits per heavy atom. The van der Waals surface area contributed by atoms with E-state index < -0.39 is 0 Å². The van der Waals surface area contributed by atoms with Crippen molar-refractivity contribution in [3.05, 3.63) is 40.8 Å². The number of imidazole rings is 1. The van der Waals surface area contributed by atoms with Crippen LogP contribution in [0.5, 0.6) is 0 Å². The molecule has 0 aromatic carbocycles. The predicted octanol–water partition coefficient (Wildman–Crippen LogP) is 1.58. The molecule has 1 aliphatic heterocycles. The van der Waals surface area contributed by atoms with Crippen LogP contribution >= 0.6 is 0 Å². The Morgan fingerprint density at radius 3 is 2.86 bits per heavy atom. The second-order valence-electron chi connectivity index (χ2n) is 8.23. The van der Waals surface area contributed by atoms with Gasteiger partial charge in [-0.05, 0) is 31.4 Å². The molecule has 2 aliphatic rings. The smallest absolute Gasteiger partial charge is 0.330 e. The summed E-state index contributed by atoms with van der Waals surface area (Å²) in [5.74, 6) is 0.445. The molecule has 1 N–H and O–H groups in total. The Labute approximate surface area is 165 Å². The number of fused-ring (bicyclic) bond motifs is 2. The lowest BCUT2D eigenvalue weighted by Gasteiger charge is -2.53. The van der Waals surface area contributed by atoms with E-state index in [1.165, 1.54) is 6.33 Å². The molecule has 4 aromatic heterocycles. The summed E-state index contributed by atoms with van der Waals surface area (Å²) in [6.07, 6.45) is 6.99. The maximum atomic E-state index is 12.9. The summed E-state index contributed by atoms with van der Waals surface area (Å²) in [6, 6.07) is 2.10. The second-order valence-corrected chi connectivity index (χ2v) is 8.23. The van der Waals surface area contributed by atoms with Crippen LogP contribution in [0, 0.1) is 12.3 Å². The number of aryl methyl sites for hydroxylation is 2. The second kappa shape index (κ2) is 5.63. The Kier molecular flexibility index (Phi) is 3.24. The van der Waals surface area contributed by atoms with Gasteiger partial charge in [0.15, 0.2) is 11.3 Å². The fraction of sp³-hybridized carbons (Fsp3) is 0.421. The third kappa shape index (κ3) is 2.35. The maximum Gasteiger partial charge on any atom is 0.330 e. The van der Waals surface area contributed by atoms with Crippen molar-refractivity contribution < 1.29 is 4.74 Å². The van der Waals surface area contributed by atoms with Gasteiger partial charge in [-0.2, -0.15) is 10.1 Å². The highest BCUT2D eigenvalue weighted by molar-refractivity contribution is 5.73. The Hall–Kier alpha value is -3.27. The monoisotopic (exact) mass is 392 g/mol. The van der Waals surface area contributed by atoms with E-state index in [1.807, 2.05) is 23.8 Å². The summed E-state index contributed by atoms with van der Waals surface area (Å²) in [5, 5.41) is 7.44. The SMILES string of the molecule is Cc1cc2ncnn2cc1Nc1ncc2c(n1)n(C1CC3(COC3)C1)c(=O)n2C. The van der Waals surface area contributed by atoms with Gasteiger partial charge in [-0.15, -0.1) is 0 Å². The first-order chi connectivity index (χ1) is 14.0. The number of hydrogen-bond donors (Lipinski definition) is 1. The molecule has 1 spiro atoms. The van der Waals surface area contributed by atoms with E-state index in [-0.39, 0.29) is 17.1 Å². The van der Waals surface area contributed by atoms with Crippen LogP contribution in [0.25, 0.3) is 16.8 Å². The third-order valence-electron chi connectivity index (χ3n) is 6.22. The zero-order valence-corrected chi connectivity index (χ0v) is 16.2. The molecule has 4 aromatic rings. The van der Waals surface area contributed by atoms with Crippen LogP contribution in [0.3, 0.4) is 0 Å². The third-order valence-corrected chi connectivity index (χ3v) is 6.22. The molecule has 148 valence electrons. The Morgan fingerprint density at radius 2 is 2.10 bits per heavy atom. The number of rotatable bonds is 3. The largest absolute Gasteiger partial charge is 0.380 e. The van der Waals surface area contributed by atoms with Crippen LogP contribution in [-0.2, 0) is 11.8 Å². The van der Waals surface area contributed by atoms with Crippen molar-refractivity contribution in [1.82, 2.24) is 33.7 Å². The topological polar surface area (TPSA) is 104 Å². The number of nitrogens with zero attached hydrogens (tertiary/aromatic N) is 7. The van der Waals surface area contributed by atoms with Crippen LogP contribution in [0.1, 0.15) is 24.4 Å². The highest BCUT2D eigenvalue weighted by Gasteiger charge is 2.51. The molecule has 0 unspecified atom stereocenters. The van der Waals surface area contributed by atoms with Gasteiger partial charge in [-0.1, -0.05) is 0 Å². The number of hydrogen-bond acceptors (Lipinski definition) is 7. The number of aromatic nitrogens is 7. The summed E-state index contributed by atoms with van der Waals surface area (Å²) < 4.78 is 10.5. The van der Waals surface area contributed by atoms with E-state index in [2.05, 4.69) is 20.4 Å². The Bertz CT molecular complexity index is 1320. The van der Waals surface area contributed by atoms with Crippen LogP contribution < -0.4 is 11.0 Å². The van der Waals surface area contributed by atoms with Crippen molar-refractivity contribution in [3.8, 4) is 0 Å². The Balaban J connectivity index is 1.39. The van der Waals surface area contributed by atoms with Crippen molar-refractivity contribution >= 4 is 28.4 Å². The van der Waals surface area contributed by atoms with Gasteiger partial charge in [0, 0.05) is 18.5 Å². The maximum absolute atomic E-state index is 12.9. The highest BCUT2D eigenvalue weighted by Crippen LogP contribution is 2.53. The normalized spacial score (nSPS) is 18.3. The van der Waals surface area contributed by atoms with E-state index in [1.54, 1.807) is 22.3 Å². The van der Waals surface area contributed by atoms with E-state index in [0.29, 0.717) is 11.6 Å². The molecule has 10 nitrogen and oxygen atoms in total. The average Bonchev–Trinajstić information content (AvgIpc) is 3.17.